The molecule has 1 amide bonds. The van der Waals surface area contributed by atoms with Crippen LogP contribution < -0.4 is 15.8 Å². The molecular weight excluding hydrogens is 435 g/mol. The maximum atomic E-state index is 14.7. The van der Waals surface area contributed by atoms with Gasteiger partial charge in [0.25, 0.3) is 5.56 Å². The Hall–Kier alpha value is -2.39. The fourth-order valence-electron chi connectivity index (χ4n) is 3.94. The van der Waals surface area contributed by atoms with Gasteiger partial charge in [0, 0.05) is 42.2 Å². The van der Waals surface area contributed by atoms with Gasteiger partial charge in [-0.05, 0) is 31.0 Å². The number of benzene rings is 1. The number of rotatable bonds is 7. The zero-order valence-corrected chi connectivity index (χ0v) is 19.0. The normalized spacial score (nSPS) is 14.6. The summed E-state index contributed by atoms with van der Waals surface area (Å²) in [5.41, 5.74) is 1.53. The average molecular weight is 461 g/mol. The van der Waals surface area contributed by atoms with Crippen molar-refractivity contribution < 1.29 is 9.18 Å². The number of amides is 1. The molecule has 0 unspecified atom stereocenters. The van der Waals surface area contributed by atoms with E-state index in [1.807, 2.05) is 17.3 Å². The first-order valence-electron chi connectivity index (χ1n) is 10.4. The topological polar surface area (TPSA) is 66.7 Å². The number of nitrogens with one attached hydrogen (secondary N) is 1. The van der Waals surface area contributed by atoms with Crippen molar-refractivity contribution in [1.29, 1.82) is 0 Å². The molecule has 3 aromatic rings. The van der Waals surface area contributed by atoms with E-state index in [9.17, 15) is 14.0 Å². The van der Waals surface area contributed by atoms with Gasteiger partial charge in [0.15, 0.2) is 4.96 Å². The minimum absolute atomic E-state index is 0.125. The lowest BCUT2D eigenvalue weighted by Crippen LogP contribution is -2.33. The predicted molar refractivity (Wildman–Crippen MR) is 126 cm³/mol. The highest BCUT2D eigenvalue weighted by atomic mass is 32.2. The van der Waals surface area contributed by atoms with Crippen LogP contribution in [0.2, 0.25) is 0 Å². The first kappa shape index (κ1) is 21.8. The molecule has 1 aliphatic carbocycles. The number of nitrogens with zero attached hydrogens (tertiary/aromatic N) is 3. The number of anilines is 2. The van der Waals surface area contributed by atoms with Crippen molar-refractivity contribution in [2.45, 2.75) is 43.9 Å². The summed E-state index contributed by atoms with van der Waals surface area (Å²) in [7, 11) is 1.94. The molecule has 1 aromatic carbocycles. The van der Waals surface area contributed by atoms with Crippen LogP contribution in [0.4, 0.5) is 15.8 Å². The average Bonchev–Trinajstić information content (AvgIpc) is 3.23. The van der Waals surface area contributed by atoms with E-state index in [4.69, 9.17) is 0 Å². The first-order chi connectivity index (χ1) is 15.0. The summed E-state index contributed by atoms with van der Waals surface area (Å²) in [6.45, 7) is 0. The van der Waals surface area contributed by atoms with E-state index in [-0.39, 0.29) is 23.0 Å². The van der Waals surface area contributed by atoms with Crippen molar-refractivity contribution in [2.75, 3.05) is 23.0 Å². The third-order valence-corrected chi connectivity index (χ3v) is 7.30. The summed E-state index contributed by atoms with van der Waals surface area (Å²) >= 11 is 2.76. The van der Waals surface area contributed by atoms with Crippen LogP contribution >= 0.6 is 23.1 Å². The van der Waals surface area contributed by atoms with Crippen LogP contribution in [0.15, 0.2) is 40.6 Å². The molecule has 0 bridgehead atoms. The van der Waals surface area contributed by atoms with Gasteiger partial charge in [-0.15, -0.1) is 23.1 Å². The molecule has 4 rings (SSSR count). The van der Waals surface area contributed by atoms with Crippen LogP contribution in [0.1, 0.15) is 37.8 Å². The standard InChI is InChI=1S/C22H25FN4O2S2/c1-26(17-5-3-2-4-6-17)19-8-7-15(11-18(19)23)24-20(28)14-30-13-16-12-21(29)27-9-10-31-22(27)25-16/h7-12,17H,2-6,13-14H2,1H3,(H,24,28). The van der Waals surface area contributed by atoms with Crippen LogP contribution in [-0.2, 0) is 10.5 Å². The van der Waals surface area contributed by atoms with Crippen LogP contribution in [0.3, 0.4) is 0 Å². The van der Waals surface area contributed by atoms with E-state index in [1.165, 1.54) is 58.9 Å². The highest BCUT2D eigenvalue weighted by Crippen LogP contribution is 2.29. The summed E-state index contributed by atoms with van der Waals surface area (Å²) in [6, 6.07) is 6.72. The second kappa shape index (κ2) is 9.82. The molecule has 1 N–H and O–H groups in total. The van der Waals surface area contributed by atoms with Crippen LogP contribution in [0.5, 0.6) is 0 Å². The lowest BCUT2D eigenvalue weighted by atomic mass is 9.94. The molecule has 1 aliphatic rings. The van der Waals surface area contributed by atoms with Crippen LogP contribution in [0, 0.1) is 5.82 Å². The lowest BCUT2D eigenvalue weighted by molar-refractivity contribution is -0.113. The molecule has 164 valence electrons. The Morgan fingerprint density at radius 3 is 2.90 bits per heavy atom. The van der Waals surface area contributed by atoms with Gasteiger partial charge in [0.1, 0.15) is 5.82 Å². The fraction of sp³-hybridized carbons (Fsp3) is 0.409. The van der Waals surface area contributed by atoms with Gasteiger partial charge in [-0.3, -0.25) is 14.0 Å². The van der Waals surface area contributed by atoms with Crippen LogP contribution in [0.25, 0.3) is 4.96 Å². The van der Waals surface area contributed by atoms with Gasteiger partial charge in [-0.25, -0.2) is 9.37 Å². The Kier molecular flexibility index (Phi) is 6.92. The molecule has 0 spiro atoms. The summed E-state index contributed by atoms with van der Waals surface area (Å²) in [6.07, 6.45) is 7.50. The summed E-state index contributed by atoms with van der Waals surface area (Å²) < 4.78 is 16.2. The van der Waals surface area contributed by atoms with Crippen molar-refractivity contribution in [3.63, 3.8) is 0 Å². The van der Waals surface area contributed by atoms with E-state index >= 15 is 0 Å². The Bertz CT molecular complexity index is 1120. The molecule has 0 saturated heterocycles. The second-order valence-corrected chi connectivity index (χ2v) is 9.61. The van der Waals surface area contributed by atoms with Gasteiger partial charge in [-0.2, -0.15) is 0 Å². The minimum atomic E-state index is -0.326. The number of carbonyl (C=O) groups excluding carboxylic acids is 1. The van der Waals surface area contributed by atoms with Gasteiger partial charge >= 0.3 is 0 Å². The zero-order chi connectivity index (χ0) is 21.8. The number of halogens is 1. The molecule has 0 radical (unpaired) electrons. The van der Waals surface area contributed by atoms with Crippen molar-refractivity contribution in [3.05, 3.63) is 57.7 Å². The number of aromatic nitrogens is 2. The third kappa shape index (κ3) is 5.27. The number of fused-ring (bicyclic) bond motifs is 1. The molecule has 0 aliphatic heterocycles. The van der Waals surface area contributed by atoms with E-state index in [0.29, 0.717) is 33.8 Å². The first-order valence-corrected chi connectivity index (χ1v) is 12.4. The lowest BCUT2D eigenvalue weighted by Gasteiger charge is -2.33. The maximum Gasteiger partial charge on any atom is 0.258 e. The minimum Gasteiger partial charge on any atom is -0.369 e. The van der Waals surface area contributed by atoms with Crippen molar-refractivity contribution in [1.82, 2.24) is 9.38 Å². The quantitative estimate of drug-likeness (QED) is 0.561. The van der Waals surface area contributed by atoms with Gasteiger partial charge in [0.05, 0.1) is 17.1 Å². The zero-order valence-electron chi connectivity index (χ0n) is 17.3. The second-order valence-electron chi connectivity index (χ2n) is 7.75. The third-order valence-electron chi connectivity index (χ3n) is 5.57. The fourth-order valence-corrected chi connectivity index (χ4v) is 5.40. The SMILES string of the molecule is CN(c1ccc(NC(=O)CSCc2cc(=O)n3ccsc3n2)cc1F)C1CCCCC1. The molecule has 6 nitrogen and oxygen atoms in total. The molecule has 1 saturated carbocycles. The number of hydrogen-bond acceptors (Lipinski definition) is 6. The van der Waals surface area contributed by atoms with Gasteiger partial charge < -0.3 is 10.2 Å². The molecule has 0 atom stereocenters. The van der Waals surface area contributed by atoms with Gasteiger partial charge in [-0.1, -0.05) is 19.3 Å². The Morgan fingerprint density at radius 1 is 1.32 bits per heavy atom. The monoisotopic (exact) mass is 460 g/mol. The smallest absolute Gasteiger partial charge is 0.258 e. The molecular formula is C22H25FN4O2S2. The Balaban J connectivity index is 1.30. The van der Waals surface area contributed by atoms with Crippen molar-refractivity contribution >= 4 is 45.3 Å². The van der Waals surface area contributed by atoms with Gasteiger partial charge in [0.2, 0.25) is 5.91 Å². The Labute approximate surface area is 188 Å². The molecule has 2 heterocycles. The molecule has 9 heteroatoms. The van der Waals surface area contributed by atoms with E-state index < -0.39 is 0 Å². The predicted octanol–water partition coefficient (Wildman–Crippen LogP) is 4.54. The molecule has 31 heavy (non-hydrogen) atoms. The highest BCUT2D eigenvalue weighted by Gasteiger charge is 2.20. The summed E-state index contributed by atoms with van der Waals surface area (Å²) in [4.78, 5) is 31.4. The van der Waals surface area contributed by atoms with Crippen molar-refractivity contribution in [2.24, 2.45) is 0 Å². The molecule has 1 fully saturated rings. The summed E-state index contributed by atoms with van der Waals surface area (Å²) in [5, 5.41) is 4.56. The number of carbonyl (C=O) groups is 1. The Morgan fingerprint density at radius 2 is 2.13 bits per heavy atom. The van der Waals surface area contributed by atoms with E-state index in [1.54, 1.807) is 18.3 Å². The number of hydrogen-bond donors (Lipinski definition) is 1. The van der Waals surface area contributed by atoms with E-state index in [0.717, 1.165) is 12.8 Å². The van der Waals surface area contributed by atoms with E-state index in [2.05, 4.69) is 10.3 Å². The summed E-state index contributed by atoms with van der Waals surface area (Å²) in [5.74, 6) is 0.104. The maximum absolute atomic E-state index is 14.7. The largest absolute Gasteiger partial charge is 0.369 e. The molecule has 2 aromatic heterocycles. The number of thiazole rings is 1. The van der Waals surface area contributed by atoms with Crippen LogP contribution in [-0.4, -0.2) is 34.1 Å². The highest BCUT2D eigenvalue weighted by molar-refractivity contribution is 7.99. The number of thioether (sulfide) groups is 1. The van der Waals surface area contributed by atoms with Crippen molar-refractivity contribution in [3.8, 4) is 0 Å².